The van der Waals surface area contributed by atoms with Crippen molar-refractivity contribution in [1.29, 1.82) is 0 Å². The number of aromatic amines is 1. The van der Waals surface area contributed by atoms with Crippen LogP contribution in [0.25, 0.3) is 11.0 Å². The number of pyridine rings is 1. The van der Waals surface area contributed by atoms with Gasteiger partial charge in [-0.15, -0.1) is 0 Å². The molecule has 0 saturated carbocycles. The Morgan fingerprint density at radius 2 is 2.44 bits per heavy atom. The van der Waals surface area contributed by atoms with Crippen molar-refractivity contribution in [2.45, 2.75) is 25.9 Å². The summed E-state index contributed by atoms with van der Waals surface area (Å²) >= 11 is 0. The van der Waals surface area contributed by atoms with Crippen LogP contribution in [-0.4, -0.2) is 34.0 Å². The van der Waals surface area contributed by atoms with Gasteiger partial charge in [-0.25, -0.2) is 4.98 Å². The number of nitrogens with one attached hydrogen (secondary N) is 1. The SMILES string of the molecule is CC1CC(CN)CN1Cc1c[nH]c2ncccc12. The molecule has 0 aromatic carbocycles. The van der Waals surface area contributed by atoms with Crippen molar-refractivity contribution in [3.8, 4) is 0 Å². The summed E-state index contributed by atoms with van der Waals surface area (Å²) in [6.07, 6.45) is 5.13. The fraction of sp³-hybridized carbons (Fsp3) is 0.500. The number of nitrogens with two attached hydrogens (primary N) is 1. The Hall–Kier alpha value is -1.39. The van der Waals surface area contributed by atoms with E-state index in [0.29, 0.717) is 12.0 Å². The van der Waals surface area contributed by atoms with Crippen molar-refractivity contribution >= 4 is 11.0 Å². The lowest BCUT2D eigenvalue weighted by atomic mass is 10.1. The highest BCUT2D eigenvalue weighted by molar-refractivity contribution is 5.79. The van der Waals surface area contributed by atoms with Crippen LogP contribution in [0.4, 0.5) is 0 Å². The third-order valence-electron chi connectivity index (χ3n) is 4.03. The molecule has 0 bridgehead atoms. The molecule has 0 radical (unpaired) electrons. The molecule has 3 heterocycles. The Bertz CT molecular complexity index is 533. The van der Waals surface area contributed by atoms with Gasteiger partial charge >= 0.3 is 0 Å². The Labute approximate surface area is 107 Å². The minimum atomic E-state index is 0.625. The molecule has 1 aliphatic heterocycles. The molecule has 3 rings (SSSR count). The minimum absolute atomic E-state index is 0.625. The molecule has 2 atom stereocenters. The van der Waals surface area contributed by atoms with Crippen LogP contribution in [0.2, 0.25) is 0 Å². The van der Waals surface area contributed by atoms with Gasteiger partial charge in [0, 0.05) is 36.9 Å². The molecular weight excluding hydrogens is 224 g/mol. The largest absolute Gasteiger partial charge is 0.346 e. The van der Waals surface area contributed by atoms with E-state index < -0.39 is 0 Å². The fourth-order valence-corrected chi connectivity index (χ4v) is 2.97. The summed E-state index contributed by atoms with van der Waals surface area (Å²) in [7, 11) is 0. The minimum Gasteiger partial charge on any atom is -0.346 e. The van der Waals surface area contributed by atoms with Crippen molar-refractivity contribution in [3.05, 3.63) is 30.1 Å². The molecule has 0 aliphatic carbocycles. The summed E-state index contributed by atoms with van der Waals surface area (Å²) in [4.78, 5) is 10.1. The highest BCUT2D eigenvalue weighted by Crippen LogP contribution is 2.26. The van der Waals surface area contributed by atoms with Crippen LogP contribution in [0, 0.1) is 5.92 Å². The molecule has 96 valence electrons. The van der Waals surface area contributed by atoms with Crippen LogP contribution in [0.15, 0.2) is 24.5 Å². The Balaban J connectivity index is 1.80. The number of H-pyrrole nitrogens is 1. The van der Waals surface area contributed by atoms with Gasteiger partial charge in [-0.1, -0.05) is 0 Å². The van der Waals surface area contributed by atoms with Gasteiger partial charge in [0.25, 0.3) is 0 Å². The molecule has 1 saturated heterocycles. The zero-order valence-electron chi connectivity index (χ0n) is 10.8. The van der Waals surface area contributed by atoms with E-state index in [1.54, 1.807) is 0 Å². The topological polar surface area (TPSA) is 57.9 Å². The Morgan fingerprint density at radius 3 is 3.22 bits per heavy atom. The van der Waals surface area contributed by atoms with Gasteiger partial charge < -0.3 is 10.7 Å². The zero-order chi connectivity index (χ0) is 12.5. The first-order valence-electron chi connectivity index (χ1n) is 6.63. The van der Waals surface area contributed by atoms with Crippen molar-refractivity contribution in [1.82, 2.24) is 14.9 Å². The number of hydrogen-bond acceptors (Lipinski definition) is 3. The van der Waals surface area contributed by atoms with Crippen molar-refractivity contribution < 1.29 is 0 Å². The first kappa shape index (κ1) is 11.7. The fourth-order valence-electron chi connectivity index (χ4n) is 2.97. The standard InChI is InChI=1S/C14H20N4/c1-10-5-11(6-15)8-18(10)9-12-7-17-14-13(12)3-2-4-16-14/h2-4,7,10-11H,5-6,8-9,15H2,1H3,(H,16,17). The summed E-state index contributed by atoms with van der Waals surface area (Å²) in [5.74, 6) is 0.656. The van der Waals surface area contributed by atoms with Gasteiger partial charge in [0.05, 0.1) is 0 Å². The van der Waals surface area contributed by atoms with Crippen molar-refractivity contribution in [3.63, 3.8) is 0 Å². The first-order valence-corrected chi connectivity index (χ1v) is 6.63. The van der Waals surface area contributed by atoms with E-state index in [0.717, 1.165) is 25.3 Å². The second-order valence-electron chi connectivity index (χ2n) is 5.33. The number of aromatic nitrogens is 2. The predicted molar refractivity (Wildman–Crippen MR) is 73.1 cm³/mol. The molecule has 2 aromatic rings. The molecule has 2 unspecified atom stereocenters. The molecule has 1 fully saturated rings. The molecule has 3 N–H and O–H groups in total. The third-order valence-corrected chi connectivity index (χ3v) is 4.03. The highest BCUT2D eigenvalue weighted by Gasteiger charge is 2.28. The summed E-state index contributed by atoms with van der Waals surface area (Å²) in [5.41, 5.74) is 8.10. The van der Waals surface area contributed by atoms with Crippen LogP contribution in [-0.2, 0) is 6.54 Å². The van der Waals surface area contributed by atoms with Crippen molar-refractivity contribution in [2.24, 2.45) is 11.7 Å². The van der Waals surface area contributed by atoms with Crippen LogP contribution in [0.3, 0.4) is 0 Å². The van der Waals surface area contributed by atoms with Crippen LogP contribution < -0.4 is 5.73 Å². The van der Waals surface area contributed by atoms with E-state index in [-0.39, 0.29) is 0 Å². The van der Waals surface area contributed by atoms with Crippen LogP contribution in [0.1, 0.15) is 18.9 Å². The Kier molecular flexibility index (Phi) is 3.06. The van der Waals surface area contributed by atoms with Gasteiger partial charge in [-0.05, 0) is 43.5 Å². The number of fused-ring (bicyclic) bond motifs is 1. The van der Waals surface area contributed by atoms with Crippen LogP contribution in [0.5, 0.6) is 0 Å². The monoisotopic (exact) mass is 244 g/mol. The lowest BCUT2D eigenvalue weighted by Crippen LogP contribution is -2.27. The van der Waals surface area contributed by atoms with Gasteiger partial charge in [0.15, 0.2) is 0 Å². The summed E-state index contributed by atoms with van der Waals surface area (Å²) < 4.78 is 0. The number of rotatable bonds is 3. The first-order chi connectivity index (χ1) is 8.78. The van der Waals surface area contributed by atoms with E-state index >= 15 is 0 Å². The van der Waals surface area contributed by atoms with Gasteiger partial charge in [-0.2, -0.15) is 0 Å². The smallest absolute Gasteiger partial charge is 0.137 e. The molecule has 0 amide bonds. The van der Waals surface area contributed by atoms with Crippen molar-refractivity contribution in [2.75, 3.05) is 13.1 Å². The quantitative estimate of drug-likeness (QED) is 0.864. The molecule has 2 aromatic heterocycles. The number of nitrogens with zero attached hydrogens (tertiary/aromatic N) is 2. The van der Waals surface area contributed by atoms with E-state index in [4.69, 9.17) is 5.73 Å². The van der Waals surface area contributed by atoms with E-state index in [1.807, 2.05) is 12.3 Å². The molecule has 0 spiro atoms. The third kappa shape index (κ3) is 2.02. The maximum absolute atomic E-state index is 5.78. The van der Waals surface area contributed by atoms with Gasteiger partial charge in [-0.3, -0.25) is 4.90 Å². The normalized spacial score (nSPS) is 25.0. The number of likely N-dealkylation sites (tertiary alicyclic amines) is 1. The average molecular weight is 244 g/mol. The van der Waals surface area contributed by atoms with E-state index in [2.05, 4.69) is 34.1 Å². The lowest BCUT2D eigenvalue weighted by molar-refractivity contribution is 0.257. The number of hydrogen-bond donors (Lipinski definition) is 2. The molecule has 1 aliphatic rings. The van der Waals surface area contributed by atoms with Gasteiger partial charge in [0.1, 0.15) is 5.65 Å². The summed E-state index contributed by atoms with van der Waals surface area (Å²) in [6, 6.07) is 4.76. The highest BCUT2D eigenvalue weighted by atomic mass is 15.2. The second kappa shape index (κ2) is 4.71. The van der Waals surface area contributed by atoms with E-state index in [9.17, 15) is 0 Å². The zero-order valence-corrected chi connectivity index (χ0v) is 10.8. The molecule has 18 heavy (non-hydrogen) atoms. The maximum atomic E-state index is 5.78. The lowest BCUT2D eigenvalue weighted by Gasteiger charge is -2.20. The van der Waals surface area contributed by atoms with Crippen LogP contribution >= 0.6 is 0 Å². The van der Waals surface area contributed by atoms with Gasteiger partial charge in [0.2, 0.25) is 0 Å². The maximum Gasteiger partial charge on any atom is 0.137 e. The predicted octanol–water partition coefficient (Wildman–Crippen LogP) is 1.73. The average Bonchev–Trinajstić information content (AvgIpc) is 2.95. The molecule has 4 nitrogen and oxygen atoms in total. The second-order valence-corrected chi connectivity index (χ2v) is 5.33. The van der Waals surface area contributed by atoms with E-state index in [1.165, 1.54) is 17.4 Å². The Morgan fingerprint density at radius 1 is 1.56 bits per heavy atom. The summed E-state index contributed by atoms with van der Waals surface area (Å²) in [5, 5.41) is 1.24. The molecular formula is C14H20N4. The molecule has 4 heteroatoms. The summed E-state index contributed by atoms with van der Waals surface area (Å²) in [6.45, 7) is 5.20.